The molecule has 104 heavy (non-hydrogen) atoms. The van der Waals surface area contributed by atoms with E-state index in [0.717, 1.165) is 135 Å². The van der Waals surface area contributed by atoms with Gasteiger partial charge in [-0.2, -0.15) is 57.5 Å². The number of aliphatic imine (C=N–C) groups is 2. The molecule has 512 valence electrons. The van der Waals surface area contributed by atoms with E-state index in [0.29, 0.717) is 34.3 Å². The summed E-state index contributed by atoms with van der Waals surface area (Å²) in [5.74, 6) is -8.13. The Hall–Kier alpha value is -4.64. The van der Waals surface area contributed by atoms with Crippen LogP contribution >= 0.6 is 0 Å². The number of nitrogens with one attached hydrogen (secondary N) is 2. The maximum Gasteiger partial charge on any atom is 1.00 e. The molecule has 2 aliphatic rings. The minimum Gasteiger partial charge on any atom is -0.859 e. The molecule has 2 heterocycles. The monoisotopic (exact) mass is 1600 g/mol. The number of aromatic carboxylic acids is 2. The van der Waals surface area contributed by atoms with Gasteiger partial charge in [0.15, 0.2) is 12.1 Å². The van der Waals surface area contributed by atoms with Crippen LogP contribution in [0.15, 0.2) is 191 Å². The van der Waals surface area contributed by atoms with Crippen molar-refractivity contribution in [2.45, 2.75) is 55.3 Å². The number of benzene rings is 6. The van der Waals surface area contributed by atoms with Crippen molar-refractivity contribution in [2.24, 2.45) is 40.6 Å². The van der Waals surface area contributed by atoms with Crippen molar-refractivity contribution >= 4 is 166 Å². The first kappa shape index (κ1) is 95.4. The summed E-state index contributed by atoms with van der Waals surface area (Å²) in [6.07, 6.45) is 4.79. The van der Waals surface area contributed by atoms with Crippen molar-refractivity contribution in [3.05, 3.63) is 155 Å². The maximum atomic E-state index is 13.5. The minimum absolute atomic E-state index is 0. The Morgan fingerprint density at radius 3 is 1.06 bits per heavy atom. The van der Waals surface area contributed by atoms with Gasteiger partial charge in [0.1, 0.15) is 30.0 Å². The summed E-state index contributed by atoms with van der Waals surface area (Å²) >= 11 is 0. The van der Waals surface area contributed by atoms with Crippen LogP contribution in [0, 0.1) is 0 Å². The fourth-order valence-corrected chi connectivity index (χ4v) is 13.1. The second kappa shape index (κ2) is 38.6. The molecule has 0 bridgehead atoms. The van der Waals surface area contributed by atoms with E-state index in [1.165, 1.54) is 13.8 Å². The number of carbonyl (C=O) groups is 4. The van der Waals surface area contributed by atoms with Gasteiger partial charge in [-0.3, -0.25) is 28.7 Å². The van der Waals surface area contributed by atoms with Crippen LogP contribution in [0.1, 0.15) is 56.8 Å². The molecule has 0 spiro atoms. The predicted octanol–water partition coefficient (Wildman–Crippen LogP) is -17.3. The van der Waals surface area contributed by atoms with Gasteiger partial charge < -0.3 is 39.1 Å². The van der Waals surface area contributed by atoms with Crippen molar-refractivity contribution < 1.29 is 286 Å². The standard InChI is InChI=1S/C56H48N12O24S6.6Na/c1-29-51(63-61-43-19-17-39(93(77,78)57-3)27-41(43)55(73)74)53(71)67(65-29)37-15-11-33(47(25-37)97(87,88)89)7-5-31-9-13-35(23-45(31)95(81,82)83)59-49(69)21-22-50(70)60-36-14-10-32(46(24-36)96(84,85)86)6-8-34-12-16-38(26-48(34)98(90,91)92)68-54(72)52(30(2)66-68)64-62-44-20-18-40(94(79,80)58-4)28-42(44)56(75)76;;;;;;/h5-28,51-52,57-58H,1-4H3,(H,59,69)(H,60,70)(H,73,74)(H,75,76)(H,81,82,83)(H,84,85,86)(H,87,88,89)(H,90,91,92);;;;;;/q;6*+1/p-6/b7-5+,8-6+,22-21+,63-61?,64-62?;;;;;;. The largest absolute Gasteiger partial charge is 1.00 e. The summed E-state index contributed by atoms with van der Waals surface area (Å²) in [5, 5.41) is 74.2. The van der Waals surface area contributed by atoms with Crippen LogP contribution in [-0.4, -0.2) is 142 Å². The van der Waals surface area contributed by atoms with E-state index in [-0.39, 0.29) is 211 Å². The number of azo groups is 2. The zero-order valence-corrected chi connectivity index (χ0v) is 72.7. The summed E-state index contributed by atoms with van der Waals surface area (Å²) in [4.78, 5) is 53.3. The van der Waals surface area contributed by atoms with E-state index in [1.807, 2.05) is 9.44 Å². The molecule has 36 nitrogen and oxygen atoms in total. The fourth-order valence-electron chi connectivity index (χ4n) is 8.85. The number of hydrogen-bond acceptors (Lipinski definition) is 30. The number of nitrogens with zero attached hydrogens (tertiary/aromatic N) is 10. The van der Waals surface area contributed by atoms with Gasteiger partial charge in [-0.25, -0.2) is 43.1 Å². The molecule has 0 aliphatic carbocycles. The van der Waals surface area contributed by atoms with E-state index >= 15 is 0 Å². The second-order valence-electron chi connectivity index (χ2n) is 20.0. The van der Waals surface area contributed by atoms with Crippen LogP contribution in [0.5, 0.6) is 0 Å². The molecule has 6 aromatic rings. The average Bonchev–Trinajstić information content (AvgIpc) is 1.56. The third kappa shape index (κ3) is 23.4. The molecule has 4 N–H and O–H groups in total. The predicted molar refractivity (Wildman–Crippen MR) is 334 cm³/mol. The zero-order chi connectivity index (χ0) is 72.4. The number of carboxylic acids is 2. The summed E-state index contributed by atoms with van der Waals surface area (Å²) in [6, 6.07) is 13.6. The van der Waals surface area contributed by atoms with Crippen LogP contribution in [0.3, 0.4) is 0 Å². The van der Waals surface area contributed by atoms with Crippen molar-refractivity contribution in [2.75, 3.05) is 24.1 Å². The Labute approximate surface area is 725 Å². The molecule has 48 heteroatoms. The van der Waals surface area contributed by atoms with Gasteiger partial charge >= 0.3 is 177 Å². The van der Waals surface area contributed by atoms with E-state index < -0.39 is 183 Å². The van der Waals surface area contributed by atoms with Crippen LogP contribution < -0.4 is 217 Å². The second-order valence-corrected chi connectivity index (χ2v) is 29.3. The first-order chi connectivity index (χ1) is 45.6. The van der Waals surface area contributed by atoms with Gasteiger partial charge in [0, 0.05) is 11.1 Å². The number of anilines is 2. The number of amides is 2. The van der Waals surface area contributed by atoms with E-state index in [9.17, 15) is 108 Å². The number of rotatable bonds is 24. The van der Waals surface area contributed by atoms with Crippen molar-refractivity contribution in [3.8, 4) is 0 Å². The topological polar surface area (TPSA) is 581 Å². The quantitative estimate of drug-likeness (QED) is 0.0109. The maximum absolute atomic E-state index is 13.5. The molecule has 2 aliphatic heterocycles. The van der Waals surface area contributed by atoms with Crippen molar-refractivity contribution in [3.63, 3.8) is 0 Å². The summed E-state index contributed by atoms with van der Waals surface area (Å²) < 4.78 is 199. The van der Waals surface area contributed by atoms with Gasteiger partial charge in [-0.15, -0.1) is 0 Å². The number of hydrazone groups is 2. The van der Waals surface area contributed by atoms with Gasteiger partial charge in [-0.1, -0.05) is 60.7 Å². The molecule has 0 saturated heterocycles. The third-order valence-corrected chi connectivity index (χ3v) is 20.0. The zero-order valence-electron chi connectivity index (χ0n) is 55.8. The Morgan fingerprint density at radius 1 is 0.462 bits per heavy atom. The van der Waals surface area contributed by atoms with Gasteiger partial charge in [0.25, 0.3) is 32.1 Å². The Balaban J connectivity index is 0.00000612. The van der Waals surface area contributed by atoms with Crippen LogP contribution in [0.2, 0.25) is 0 Å². The summed E-state index contributed by atoms with van der Waals surface area (Å²) in [6.45, 7) is 2.62. The van der Waals surface area contributed by atoms with Gasteiger partial charge in [-0.05, 0) is 147 Å². The molecule has 2 atom stereocenters. The molecule has 2 amide bonds. The number of hydrogen-bond donors (Lipinski definition) is 4. The van der Waals surface area contributed by atoms with Gasteiger partial charge in [0.2, 0.25) is 20.0 Å². The molecule has 0 fully saturated rings. The minimum atomic E-state index is -5.44. The van der Waals surface area contributed by atoms with Crippen LogP contribution in [0.4, 0.5) is 34.1 Å². The fraction of sp³-hybridized carbons (Fsp3) is 0.107. The average molecular weight is 1600 g/mol. The molecule has 8 rings (SSSR count). The Morgan fingerprint density at radius 2 is 0.769 bits per heavy atom. The van der Waals surface area contributed by atoms with E-state index in [4.69, 9.17) is 0 Å². The molecule has 0 aromatic heterocycles. The molecular weight excluding hydrogens is 1560 g/mol. The van der Waals surface area contributed by atoms with E-state index in [2.05, 4.69) is 40.6 Å². The smallest absolute Gasteiger partial charge is 0.859 e. The summed E-state index contributed by atoms with van der Waals surface area (Å²) in [5.41, 5.74) is -5.42. The summed E-state index contributed by atoms with van der Waals surface area (Å²) in [7, 11) is -27.3. The van der Waals surface area contributed by atoms with Crippen LogP contribution in [0.25, 0.3) is 24.3 Å². The normalized spacial score (nSPS) is 15.5. The van der Waals surface area contributed by atoms with Crippen molar-refractivity contribution in [1.29, 1.82) is 0 Å². The first-order valence-electron chi connectivity index (χ1n) is 26.8. The molecular formula is C56H42N12Na6O24S6. The molecule has 0 radical (unpaired) electrons. The Kier molecular flexibility index (Phi) is 35.4. The third-order valence-electron chi connectivity index (χ3n) is 13.6. The van der Waals surface area contributed by atoms with Gasteiger partial charge in [0.05, 0.1) is 77.1 Å². The van der Waals surface area contributed by atoms with Crippen LogP contribution in [-0.2, 0) is 70.1 Å². The number of carbonyl (C=O) groups excluding carboxylic acids is 4. The van der Waals surface area contributed by atoms with E-state index in [1.54, 1.807) is 0 Å². The molecule has 6 aromatic carbocycles. The number of carboxylic acid groups (broad SMARTS) is 2. The Bertz CT molecular complexity index is 5120. The SMILES string of the molecule is CNS(=O)(=O)c1ccc(N=NC2C(=O)N(c3ccc(/C=C/c4ccc(N=C([O-])/C=C/C([O-])=Nc5ccc(/C=C/c6ccc(N7N=C(C)C(N=Nc8ccc(S(=O)(=O)NC)cc8C(=O)[O-])C7=O)cc6S(=O)(=O)O)c(S(=O)(=O)[O-])c5)cc4S(=O)(=O)[O-])c(S(=O)(=O)O)c3)N=C2C)c(C(=O)[O-])c1.[Na+].[Na+].[Na+].[Na+].[Na+].[Na+]. The molecule has 2 unspecified atom stereocenters. The number of sulfonamides is 2. The van der Waals surface area contributed by atoms with Crippen molar-refractivity contribution in [1.82, 2.24) is 9.44 Å². The molecule has 0 saturated carbocycles. The first-order valence-corrected chi connectivity index (χ1v) is 35.4.